The fraction of sp³-hybridized carbons (Fsp3) is 0.250. The summed E-state index contributed by atoms with van der Waals surface area (Å²) in [6.45, 7) is 0.498. The van der Waals surface area contributed by atoms with E-state index in [0.29, 0.717) is 10.8 Å². The van der Waals surface area contributed by atoms with E-state index in [0.717, 1.165) is 22.2 Å². The van der Waals surface area contributed by atoms with Crippen molar-refractivity contribution >= 4 is 29.0 Å². The lowest BCUT2D eigenvalue weighted by molar-refractivity contribution is -0.122. The fourth-order valence-electron chi connectivity index (χ4n) is 1.57. The van der Waals surface area contributed by atoms with Gasteiger partial charge in [-0.2, -0.15) is 0 Å². The van der Waals surface area contributed by atoms with Gasteiger partial charge in [0.05, 0.1) is 12.0 Å². The van der Waals surface area contributed by atoms with E-state index in [2.05, 4.69) is 4.98 Å². The molecule has 0 bridgehead atoms. The first-order valence-corrected chi connectivity index (χ1v) is 6.43. The van der Waals surface area contributed by atoms with Crippen molar-refractivity contribution in [1.29, 1.82) is 0 Å². The lowest BCUT2D eigenvalue weighted by Crippen LogP contribution is -2.33. The van der Waals surface area contributed by atoms with Crippen molar-refractivity contribution in [3.8, 4) is 5.88 Å². The molecule has 1 aliphatic rings. The van der Waals surface area contributed by atoms with Crippen LogP contribution in [0.3, 0.4) is 0 Å². The van der Waals surface area contributed by atoms with Gasteiger partial charge in [0, 0.05) is 25.4 Å². The Morgan fingerprint density at radius 2 is 2.26 bits per heavy atom. The molecule has 1 aromatic heterocycles. The van der Waals surface area contributed by atoms with E-state index < -0.39 is 0 Å². The maximum Gasteiger partial charge on any atom is 0.293 e. The molecule has 0 atom stereocenters. The molecular weight excluding hydrogens is 266 g/mol. The van der Waals surface area contributed by atoms with Crippen LogP contribution in [-0.4, -0.2) is 41.2 Å². The smallest absolute Gasteiger partial charge is 0.293 e. The second kappa shape index (κ2) is 5.85. The van der Waals surface area contributed by atoms with Gasteiger partial charge in [-0.3, -0.25) is 14.5 Å². The highest BCUT2D eigenvalue weighted by Crippen LogP contribution is 2.31. The summed E-state index contributed by atoms with van der Waals surface area (Å²) in [7, 11) is 1.53. The van der Waals surface area contributed by atoms with Crippen molar-refractivity contribution in [2.75, 3.05) is 20.2 Å². The predicted octanol–water partition coefficient (Wildman–Crippen LogP) is 1.09. The molecule has 6 nitrogen and oxygen atoms in total. The molecule has 2 N–H and O–H groups in total. The van der Waals surface area contributed by atoms with Crippen LogP contribution in [0.5, 0.6) is 5.88 Å². The van der Waals surface area contributed by atoms with Crippen molar-refractivity contribution in [2.24, 2.45) is 5.73 Å². The van der Waals surface area contributed by atoms with Gasteiger partial charge in [0.25, 0.3) is 11.1 Å². The molecular formula is C12H13N3O3S. The summed E-state index contributed by atoms with van der Waals surface area (Å²) in [4.78, 5) is 29.1. The largest absolute Gasteiger partial charge is 0.481 e. The molecule has 2 heterocycles. The van der Waals surface area contributed by atoms with Gasteiger partial charge in [-0.25, -0.2) is 4.98 Å². The minimum atomic E-state index is -0.309. The van der Waals surface area contributed by atoms with E-state index >= 15 is 0 Å². The minimum Gasteiger partial charge on any atom is -0.481 e. The predicted molar refractivity (Wildman–Crippen MR) is 72.5 cm³/mol. The lowest BCUT2D eigenvalue weighted by Gasteiger charge is -2.09. The van der Waals surface area contributed by atoms with Gasteiger partial charge in [0.2, 0.25) is 5.88 Å². The molecule has 0 aromatic carbocycles. The maximum absolute atomic E-state index is 11.9. The standard InChI is InChI=1S/C12H13N3O3S/c1-18-10-3-2-8(7-14-10)6-9-11(16)15(5-4-13)12(17)19-9/h2-3,6-7H,4-5,13H2,1H3/b9-6+. The Morgan fingerprint density at radius 1 is 1.47 bits per heavy atom. The summed E-state index contributed by atoms with van der Waals surface area (Å²) in [5, 5.41) is -0.289. The van der Waals surface area contributed by atoms with Gasteiger partial charge in [0.1, 0.15) is 0 Å². The molecule has 7 heteroatoms. The number of imide groups is 1. The van der Waals surface area contributed by atoms with Gasteiger partial charge in [-0.15, -0.1) is 0 Å². The Morgan fingerprint density at radius 3 is 2.84 bits per heavy atom. The summed E-state index contributed by atoms with van der Waals surface area (Å²) in [5.41, 5.74) is 6.10. The average Bonchev–Trinajstić information content (AvgIpc) is 2.68. The van der Waals surface area contributed by atoms with Crippen molar-refractivity contribution in [1.82, 2.24) is 9.88 Å². The SMILES string of the molecule is COc1ccc(/C=C2/SC(=O)N(CCN)C2=O)cn1. The molecule has 100 valence electrons. The van der Waals surface area contributed by atoms with E-state index in [9.17, 15) is 9.59 Å². The Hall–Kier alpha value is -1.86. The number of aromatic nitrogens is 1. The third-order valence-corrected chi connectivity index (χ3v) is 3.40. The Bertz CT molecular complexity index is 528. The van der Waals surface area contributed by atoms with E-state index in [1.807, 2.05) is 0 Å². The molecule has 1 aliphatic heterocycles. The summed E-state index contributed by atoms with van der Waals surface area (Å²) in [6.07, 6.45) is 3.21. The number of hydrogen-bond acceptors (Lipinski definition) is 6. The number of carbonyl (C=O) groups excluding carboxylic acids is 2. The molecule has 0 aliphatic carbocycles. The molecule has 2 amide bonds. The van der Waals surface area contributed by atoms with Crippen LogP contribution in [0.15, 0.2) is 23.2 Å². The normalized spacial score (nSPS) is 17.4. The summed E-state index contributed by atoms with van der Waals surface area (Å²) in [6, 6.07) is 3.46. The van der Waals surface area contributed by atoms with Crippen molar-refractivity contribution in [2.45, 2.75) is 0 Å². The Labute approximate surface area is 114 Å². The summed E-state index contributed by atoms with van der Waals surface area (Å²) >= 11 is 0.910. The zero-order chi connectivity index (χ0) is 13.8. The molecule has 1 saturated heterocycles. The van der Waals surface area contributed by atoms with Gasteiger partial charge in [-0.05, 0) is 29.5 Å². The first kappa shape index (κ1) is 13.6. The number of nitrogens with two attached hydrogens (primary N) is 1. The summed E-state index contributed by atoms with van der Waals surface area (Å²) < 4.78 is 4.95. The number of rotatable bonds is 4. The first-order valence-electron chi connectivity index (χ1n) is 5.61. The highest BCUT2D eigenvalue weighted by molar-refractivity contribution is 8.18. The molecule has 0 radical (unpaired) electrons. The molecule has 1 fully saturated rings. The Kier molecular flexibility index (Phi) is 4.18. The van der Waals surface area contributed by atoms with Gasteiger partial charge in [-0.1, -0.05) is 0 Å². The van der Waals surface area contributed by atoms with Crippen LogP contribution in [0.2, 0.25) is 0 Å². The van der Waals surface area contributed by atoms with E-state index in [1.165, 1.54) is 7.11 Å². The lowest BCUT2D eigenvalue weighted by atomic mass is 10.2. The number of carbonyl (C=O) groups is 2. The van der Waals surface area contributed by atoms with Crippen LogP contribution in [0.4, 0.5) is 4.79 Å². The van der Waals surface area contributed by atoms with Crippen LogP contribution in [0.25, 0.3) is 6.08 Å². The van der Waals surface area contributed by atoms with Crippen LogP contribution in [0.1, 0.15) is 5.56 Å². The quantitative estimate of drug-likeness (QED) is 0.830. The number of pyridine rings is 1. The molecule has 0 spiro atoms. The van der Waals surface area contributed by atoms with Crippen molar-refractivity contribution < 1.29 is 14.3 Å². The van der Waals surface area contributed by atoms with Crippen LogP contribution in [0, 0.1) is 0 Å². The van der Waals surface area contributed by atoms with Crippen LogP contribution in [-0.2, 0) is 4.79 Å². The fourth-order valence-corrected chi connectivity index (χ4v) is 2.44. The third-order valence-electron chi connectivity index (χ3n) is 2.49. The highest BCUT2D eigenvalue weighted by Gasteiger charge is 2.34. The molecule has 0 unspecified atom stereocenters. The first-order chi connectivity index (χ1) is 9.15. The van der Waals surface area contributed by atoms with E-state index in [1.54, 1.807) is 24.4 Å². The number of methoxy groups -OCH3 is 1. The molecule has 1 aromatic rings. The van der Waals surface area contributed by atoms with E-state index in [-0.39, 0.29) is 24.2 Å². The van der Waals surface area contributed by atoms with E-state index in [4.69, 9.17) is 10.5 Å². The molecule has 2 rings (SSSR count). The van der Waals surface area contributed by atoms with Crippen molar-refractivity contribution in [3.05, 3.63) is 28.8 Å². The monoisotopic (exact) mass is 279 g/mol. The third kappa shape index (κ3) is 2.94. The van der Waals surface area contributed by atoms with Gasteiger partial charge < -0.3 is 10.5 Å². The number of ether oxygens (including phenoxy) is 1. The minimum absolute atomic E-state index is 0.239. The average molecular weight is 279 g/mol. The number of hydrogen-bond donors (Lipinski definition) is 1. The summed E-state index contributed by atoms with van der Waals surface area (Å²) in [5.74, 6) is 0.185. The highest BCUT2D eigenvalue weighted by atomic mass is 32.2. The number of thioether (sulfide) groups is 1. The van der Waals surface area contributed by atoms with Crippen LogP contribution >= 0.6 is 11.8 Å². The maximum atomic E-state index is 11.9. The number of nitrogens with zero attached hydrogens (tertiary/aromatic N) is 2. The second-order valence-corrected chi connectivity index (χ2v) is 4.75. The zero-order valence-corrected chi connectivity index (χ0v) is 11.1. The molecule has 0 saturated carbocycles. The number of amides is 2. The Balaban J connectivity index is 2.19. The zero-order valence-electron chi connectivity index (χ0n) is 10.3. The van der Waals surface area contributed by atoms with Gasteiger partial charge in [0.15, 0.2) is 0 Å². The van der Waals surface area contributed by atoms with Gasteiger partial charge >= 0.3 is 0 Å². The molecule has 19 heavy (non-hydrogen) atoms. The topological polar surface area (TPSA) is 85.5 Å². The van der Waals surface area contributed by atoms with Crippen LogP contribution < -0.4 is 10.5 Å². The second-order valence-electron chi connectivity index (χ2n) is 3.76. The van der Waals surface area contributed by atoms with Crippen molar-refractivity contribution in [3.63, 3.8) is 0 Å².